The van der Waals surface area contributed by atoms with Crippen LogP contribution in [0.5, 0.6) is 5.75 Å². The Labute approximate surface area is 207 Å². The monoisotopic (exact) mass is 491 g/mol. The number of hydrogen-bond donors (Lipinski definition) is 1. The van der Waals surface area contributed by atoms with Crippen LogP contribution in [0.1, 0.15) is 28.7 Å². The highest BCUT2D eigenvalue weighted by atomic mass is 32.2. The average Bonchev–Trinajstić information content (AvgIpc) is 3.53. The number of esters is 1. The zero-order chi connectivity index (χ0) is 24.6. The predicted octanol–water partition coefficient (Wildman–Crippen LogP) is 3.90. The van der Waals surface area contributed by atoms with Crippen molar-refractivity contribution in [2.75, 3.05) is 24.8 Å². The molecule has 180 valence electrons. The van der Waals surface area contributed by atoms with Gasteiger partial charge < -0.3 is 14.8 Å². The van der Waals surface area contributed by atoms with Crippen LogP contribution in [0.4, 0.5) is 5.69 Å². The molecule has 4 rings (SSSR count). The lowest BCUT2D eigenvalue weighted by Gasteiger charge is -2.12. The molecule has 35 heavy (non-hydrogen) atoms. The highest BCUT2D eigenvalue weighted by molar-refractivity contribution is 7.99. The SMILES string of the molecule is CCOC(=O)c1ccccc1NC(=O)CSc1nnc(Cc2ccc(OC)cc2)n1-n1cccc1. The summed E-state index contributed by atoms with van der Waals surface area (Å²) in [4.78, 5) is 24.9. The first-order chi connectivity index (χ1) is 17.1. The molecular formula is C25H25N5O4S. The van der Waals surface area contributed by atoms with E-state index in [1.165, 1.54) is 11.8 Å². The number of hydrogen-bond acceptors (Lipinski definition) is 7. The van der Waals surface area contributed by atoms with Crippen molar-refractivity contribution in [1.29, 1.82) is 0 Å². The van der Waals surface area contributed by atoms with E-state index in [-0.39, 0.29) is 18.3 Å². The smallest absolute Gasteiger partial charge is 0.340 e. The Morgan fingerprint density at radius 1 is 1.00 bits per heavy atom. The number of amides is 1. The summed E-state index contributed by atoms with van der Waals surface area (Å²) >= 11 is 1.25. The zero-order valence-electron chi connectivity index (χ0n) is 19.4. The maximum absolute atomic E-state index is 12.7. The van der Waals surface area contributed by atoms with Crippen molar-refractivity contribution in [2.24, 2.45) is 0 Å². The van der Waals surface area contributed by atoms with Crippen molar-refractivity contribution in [3.05, 3.63) is 90.0 Å². The van der Waals surface area contributed by atoms with Crippen LogP contribution in [-0.2, 0) is 16.0 Å². The minimum atomic E-state index is -0.480. The van der Waals surface area contributed by atoms with Gasteiger partial charge in [0.25, 0.3) is 0 Å². The molecule has 0 aliphatic rings. The molecule has 0 fully saturated rings. The third-order valence-corrected chi connectivity index (χ3v) is 5.97. The lowest BCUT2D eigenvalue weighted by molar-refractivity contribution is -0.113. The minimum Gasteiger partial charge on any atom is -0.497 e. The summed E-state index contributed by atoms with van der Waals surface area (Å²) < 4.78 is 14.0. The number of benzene rings is 2. The van der Waals surface area contributed by atoms with Crippen molar-refractivity contribution in [3.63, 3.8) is 0 Å². The summed E-state index contributed by atoms with van der Waals surface area (Å²) in [5.41, 5.74) is 1.77. The summed E-state index contributed by atoms with van der Waals surface area (Å²) in [5.74, 6) is 0.838. The molecule has 2 heterocycles. The lowest BCUT2D eigenvalue weighted by atomic mass is 10.1. The fourth-order valence-electron chi connectivity index (χ4n) is 3.41. The van der Waals surface area contributed by atoms with Gasteiger partial charge >= 0.3 is 5.97 Å². The standard InChI is InChI=1S/C25H25N5O4S/c1-3-34-24(32)20-8-4-5-9-21(20)26-23(31)17-35-25-28-27-22(30(25)29-14-6-7-15-29)16-18-10-12-19(33-2)13-11-18/h4-15H,3,16-17H2,1-2H3,(H,26,31). The fourth-order valence-corrected chi connectivity index (χ4v) is 4.16. The molecule has 0 aliphatic heterocycles. The van der Waals surface area contributed by atoms with Gasteiger partial charge in [0.15, 0.2) is 5.82 Å². The summed E-state index contributed by atoms with van der Waals surface area (Å²) in [5, 5.41) is 12.1. The van der Waals surface area contributed by atoms with Crippen LogP contribution in [0.15, 0.2) is 78.2 Å². The summed E-state index contributed by atoms with van der Waals surface area (Å²) in [6, 6.07) is 18.3. The van der Waals surface area contributed by atoms with Crippen LogP contribution >= 0.6 is 11.8 Å². The Morgan fingerprint density at radius 2 is 1.74 bits per heavy atom. The van der Waals surface area contributed by atoms with Gasteiger partial charge in [0.2, 0.25) is 11.1 Å². The molecule has 0 unspecified atom stereocenters. The second-order valence-electron chi connectivity index (χ2n) is 7.40. The number of nitrogens with one attached hydrogen (secondary N) is 1. The Bertz CT molecular complexity index is 1290. The first-order valence-corrected chi connectivity index (χ1v) is 12.0. The molecule has 0 radical (unpaired) electrons. The molecular weight excluding hydrogens is 466 g/mol. The molecule has 9 nitrogen and oxygen atoms in total. The first kappa shape index (κ1) is 24.1. The predicted molar refractivity (Wildman–Crippen MR) is 133 cm³/mol. The van der Waals surface area contributed by atoms with E-state index >= 15 is 0 Å². The third kappa shape index (κ3) is 5.90. The van der Waals surface area contributed by atoms with Crippen LogP contribution in [0.25, 0.3) is 0 Å². The van der Waals surface area contributed by atoms with Crippen molar-refractivity contribution in [2.45, 2.75) is 18.5 Å². The van der Waals surface area contributed by atoms with E-state index in [2.05, 4.69) is 15.5 Å². The molecule has 0 aliphatic carbocycles. The number of para-hydroxylation sites is 1. The molecule has 0 saturated heterocycles. The van der Waals surface area contributed by atoms with Crippen LogP contribution in [0.2, 0.25) is 0 Å². The van der Waals surface area contributed by atoms with Crippen molar-refractivity contribution in [3.8, 4) is 5.75 Å². The van der Waals surface area contributed by atoms with E-state index < -0.39 is 5.97 Å². The second-order valence-corrected chi connectivity index (χ2v) is 8.34. The largest absolute Gasteiger partial charge is 0.497 e. The molecule has 2 aromatic carbocycles. The van der Waals surface area contributed by atoms with Crippen LogP contribution < -0.4 is 10.1 Å². The van der Waals surface area contributed by atoms with E-state index in [4.69, 9.17) is 9.47 Å². The fraction of sp³-hybridized carbons (Fsp3) is 0.200. The number of rotatable bonds is 10. The van der Waals surface area contributed by atoms with Gasteiger partial charge in [-0.2, -0.15) is 0 Å². The Balaban J connectivity index is 1.49. The van der Waals surface area contributed by atoms with Crippen molar-refractivity contribution < 1.29 is 19.1 Å². The first-order valence-electron chi connectivity index (χ1n) is 11.0. The van der Waals surface area contributed by atoms with Gasteiger partial charge in [-0.05, 0) is 48.9 Å². The average molecular weight is 492 g/mol. The number of ether oxygens (including phenoxy) is 2. The summed E-state index contributed by atoms with van der Waals surface area (Å²) in [7, 11) is 1.63. The molecule has 0 bridgehead atoms. The minimum absolute atomic E-state index is 0.0824. The van der Waals surface area contributed by atoms with E-state index in [0.29, 0.717) is 22.8 Å². The van der Waals surface area contributed by atoms with Gasteiger partial charge in [-0.25, -0.2) is 9.47 Å². The zero-order valence-corrected chi connectivity index (χ0v) is 20.2. The number of aromatic nitrogens is 4. The molecule has 1 amide bonds. The van der Waals surface area contributed by atoms with Gasteiger partial charge in [0.1, 0.15) is 5.75 Å². The molecule has 2 aromatic heterocycles. The molecule has 10 heteroatoms. The van der Waals surface area contributed by atoms with Gasteiger partial charge in [0.05, 0.1) is 30.7 Å². The number of nitrogens with zero attached hydrogens (tertiary/aromatic N) is 4. The normalized spacial score (nSPS) is 10.7. The number of carbonyl (C=O) groups is 2. The van der Waals surface area contributed by atoms with Crippen LogP contribution in [0, 0.1) is 0 Å². The molecule has 0 atom stereocenters. The van der Waals surface area contributed by atoms with Crippen molar-refractivity contribution >= 4 is 29.3 Å². The number of thioether (sulfide) groups is 1. The number of methoxy groups -OCH3 is 1. The van der Waals surface area contributed by atoms with Gasteiger partial charge in [-0.3, -0.25) is 9.47 Å². The number of anilines is 1. The van der Waals surface area contributed by atoms with E-state index in [1.54, 1.807) is 38.3 Å². The summed E-state index contributed by atoms with van der Waals surface area (Å²) in [6.45, 7) is 1.99. The molecule has 0 spiro atoms. The Morgan fingerprint density at radius 3 is 2.46 bits per heavy atom. The maximum atomic E-state index is 12.7. The third-order valence-electron chi connectivity index (χ3n) is 5.05. The summed E-state index contributed by atoms with van der Waals surface area (Å²) in [6.07, 6.45) is 4.33. The topological polar surface area (TPSA) is 100 Å². The molecule has 0 saturated carbocycles. The van der Waals surface area contributed by atoms with Crippen LogP contribution in [-0.4, -0.2) is 50.9 Å². The van der Waals surface area contributed by atoms with Crippen molar-refractivity contribution in [1.82, 2.24) is 19.5 Å². The highest BCUT2D eigenvalue weighted by Gasteiger charge is 2.18. The van der Waals surface area contributed by atoms with Gasteiger partial charge in [-0.1, -0.05) is 36.0 Å². The lowest BCUT2D eigenvalue weighted by Crippen LogP contribution is -2.18. The highest BCUT2D eigenvalue weighted by Crippen LogP contribution is 2.22. The maximum Gasteiger partial charge on any atom is 0.340 e. The van der Waals surface area contributed by atoms with E-state index in [9.17, 15) is 9.59 Å². The Hall–Kier alpha value is -4.05. The van der Waals surface area contributed by atoms with E-state index in [0.717, 1.165) is 17.1 Å². The van der Waals surface area contributed by atoms with Gasteiger partial charge in [0, 0.05) is 18.8 Å². The van der Waals surface area contributed by atoms with E-state index in [1.807, 2.05) is 58.1 Å². The number of carbonyl (C=O) groups excluding carboxylic acids is 2. The quantitative estimate of drug-likeness (QED) is 0.265. The van der Waals surface area contributed by atoms with Gasteiger partial charge in [-0.15, -0.1) is 10.2 Å². The second kappa shape index (κ2) is 11.4. The molecule has 1 N–H and O–H groups in total. The van der Waals surface area contributed by atoms with Crippen LogP contribution in [0.3, 0.4) is 0 Å². The molecule has 4 aromatic rings. The Kier molecular flexibility index (Phi) is 7.84.